The summed E-state index contributed by atoms with van der Waals surface area (Å²) in [4.78, 5) is 14.1. The van der Waals surface area contributed by atoms with Crippen LogP contribution in [0.5, 0.6) is 0 Å². The molecule has 2 N–H and O–H groups in total. The molecule has 0 radical (unpaired) electrons. The average molecular weight is 294 g/mol. The minimum atomic E-state index is -4.07. The summed E-state index contributed by atoms with van der Waals surface area (Å²) in [5, 5.41) is 7.54. The number of carbonyl (C=O) groups is 1. The maximum absolute atomic E-state index is 11.4. The van der Waals surface area contributed by atoms with Gasteiger partial charge in [0.2, 0.25) is 10.0 Å². The molecule has 0 amide bonds. The molecule has 0 bridgehead atoms. The van der Waals surface area contributed by atoms with E-state index in [4.69, 9.17) is 5.11 Å². The molecule has 1 rings (SSSR count). The van der Waals surface area contributed by atoms with E-state index >= 15 is 0 Å². The molecule has 0 saturated heterocycles. The maximum atomic E-state index is 11.4. The number of aromatic nitrogens is 1. The second kappa shape index (κ2) is 4.90. The number of rotatable bonds is 5. The molecule has 10 heteroatoms. The summed E-state index contributed by atoms with van der Waals surface area (Å²) in [5.74, 6) is -1.35. The molecule has 0 aromatic carbocycles. The number of sulfone groups is 1. The molecule has 0 aliphatic heterocycles. The molecule has 0 unspecified atom stereocenters. The summed E-state index contributed by atoms with van der Waals surface area (Å²) in [5.41, 5.74) is -0.110. The number of anilines is 1. The van der Waals surface area contributed by atoms with Crippen LogP contribution in [0.4, 0.5) is 5.82 Å². The number of hydrogen-bond acceptors (Lipinski definition) is 6. The van der Waals surface area contributed by atoms with Gasteiger partial charge in [-0.25, -0.2) is 26.6 Å². The van der Waals surface area contributed by atoms with Gasteiger partial charge in [0.05, 0.1) is 5.56 Å². The lowest BCUT2D eigenvalue weighted by atomic mass is 10.3. The predicted molar refractivity (Wildman–Crippen MR) is 63.4 cm³/mol. The monoisotopic (exact) mass is 294 g/mol. The molecule has 8 nitrogen and oxygen atoms in total. The topological polar surface area (TPSA) is 130 Å². The lowest BCUT2D eigenvalue weighted by Gasteiger charge is -2.05. The van der Waals surface area contributed by atoms with Crippen LogP contribution in [0.2, 0.25) is 0 Å². The molecule has 0 fully saturated rings. The number of nitrogens with one attached hydrogen (secondary N) is 1. The van der Waals surface area contributed by atoms with Gasteiger partial charge in [-0.2, -0.15) is 0 Å². The van der Waals surface area contributed by atoms with E-state index in [1.807, 2.05) is 4.72 Å². The van der Waals surface area contributed by atoms with Gasteiger partial charge in [0.25, 0.3) is 0 Å². The van der Waals surface area contributed by atoms with E-state index in [1.165, 1.54) is 0 Å². The van der Waals surface area contributed by atoms with E-state index in [-0.39, 0.29) is 11.4 Å². The number of pyridine rings is 1. The Bertz CT molecular complexity index is 647. The number of sulfonamides is 1. The summed E-state index contributed by atoms with van der Waals surface area (Å²) in [6, 6.07) is 2.27. The Morgan fingerprint density at radius 3 is 2.33 bits per heavy atom. The molecule has 0 saturated carbocycles. The molecule has 0 aliphatic carbocycles. The number of nitrogens with zero attached hydrogens (tertiary/aromatic N) is 1. The highest BCUT2D eigenvalue weighted by molar-refractivity contribution is 8.08. The lowest BCUT2D eigenvalue weighted by molar-refractivity contribution is 0.0696. The molecule has 1 aromatic rings. The fraction of sp³-hybridized carbons (Fsp3) is 0.250. The highest BCUT2D eigenvalue weighted by Gasteiger charge is 2.18. The van der Waals surface area contributed by atoms with Crippen molar-refractivity contribution in [3.63, 3.8) is 0 Å². The van der Waals surface area contributed by atoms with Gasteiger partial charge in [-0.05, 0) is 12.1 Å². The first-order valence-corrected chi connectivity index (χ1v) is 8.18. The van der Waals surface area contributed by atoms with E-state index in [9.17, 15) is 21.6 Å². The second-order valence-electron chi connectivity index (χ2n) is 3.50. The van der Waals surface area contributed by atoms with Crippen LogP contribution in [0.3, 0.4) is 0 Å². The minimum absolute atomic E-state index is 0.110. The standard InChI is InChI=1S/C8H10N2O6S2/c1-17(13,14)5-18(15,16)10-7-3-2-6(4-9-7)8(11)12/h2-4H,5H2,1H3,(H,9,10)(H,11,12). The number of aromatic carboxylic acids is 1. The Kier molecular flexibility index (Phi) is 3.92. The van der Waals surface area contributed by atoms with E-state index in [0.717, 1.165) is 24.6 Å². The molecule has 0 aliphatic rings. The Hall–Kier alpha value is -1.68. The average Bonchev–Trinajstić information content (AvgIpc) is 2.13. The summed E-state index contributed by atoms with van der Waals surface area (Å²) in [6.45, 7) is 0. The Balaban J connectivity index is 2.88. The Labute approximate surface area is 104 Å². The first kappa shape index (κ1) is 14.4. The van der Waals surface area contributed by atoms with Crippen molar-refractivity contribution in [2.75, 3.05) is 16.1 Å². The molecule has 0 atom stereocenters. The normalized spacial score (nSPS) is 12.1. The lowest BCUT2D eigenvalue weighted by Crippen LogP contribution is -2.22. The van der Waals surface area contributed by atoms with E-state index in [2.05, 4.69) is 4.98 Å². The SMILES string of the molecule is CS(=O)(=O)CS(=O)(=O)Nc1ccc(C(=O)O)cn1. The van der Waals surface area contributed by atoms with Gasteiger partial charge < -0.3 is 5.11 Å². The molecule has 100 valence electrons. The van der Waals surface area contributed by atoms with E-state index in [1.54, 1.807) is 0 Å². The molecular formula is C8H10N2O6S2. The van der Waals surface area contributed by atoms with Crippen molar-refractivity contribution in [3.05, 3.63) is 23.9 Å². The van der Waals surface area contributed by atoms with Crippen molar-refractivity contribution in [1.82, 2.24) is 4.98 Å². The van der Waals surface area contributed by atoms with Crippen molar-refractivity contribution >= 4 is 31.6 Å². The molecule has 18 heavy (non-hydrogen) atoms. The Morgan fingerprint density at radius 2 is 1.94 bits per heavy atom. The van der Waals surface area contributed by atoms with Crippen LogP contribution in [0, 0.1) is 0 Å². The molecular weight excluding hydrogens is 284 g/mol. The van der Waals surface area contributed by atoms with Crippen LogP contribution in [0.1, 0.15) is 10.4 Å². The zero-order valence-corrected chi connectivity index (χ0v) is 10.8. The Morgan fingerprint density at radius 1 is 1.33 bits per heavy atom. The molecule has 1 heterocycles. The fourth-order valence-electron chi connectivity index (χ4n) is 1.05. The first-order chi connectivity index (χ1) is 8.09. The minimum Gasteiger partial charge on any atom is -0.478 e. The molecule has 1 aromatic heterocycles. The van der Waals surface area contributed by atoms with Crippen LogP contribution in [-0.2, 0) is 19.9 Å². The van der Waals surface area contributed by atoms with Gasteiger partial charge in [-0.15, -0.1) is 0 Å². The zero-order chi connectivity index (χ0) is 14.0. The van der Waals surface area contributed by atoms with Crippen molar-refractivity contribution < 1.29 is 26.7 Å². The van der Waals surface area contributed by atoms with Crippen LogP contribution in [0.15, 0.2) is 18.3 Å². The van der Waals surface area contributed by atoms with Crippen LogP contribution < -0.4 is 4.72 Å². The van der Waals surface area contributed by atoms with Crippen molar-refractivity contribution in [1.29, 1.82) is 0 Å². The quantitative estimate of drug-likeness (QED) is 0.750. The van der Waals surface area contributed by atoms with Crippen LogP contribution >= 0.6 is 0 Å². The highest BCUT2D eigenvalue weighted by atomic mass is 32.3. The van der Waals surface area contributed by atoms with Crippen LogP contribution in [0.25, 0.3) is 0 Å². The van der Waals surface area contributed by atoms with Gasteiger partial charge in [0.15, 0.2) is 14.9 Å². The predicted octanol–water partition coefficient (Wildman–Crippen LogP) is -0.476. The third-order valence-electron chi connectivity index (χ3n) is 1.64. The van der Waals surface area contributed by atoms with Gasteiger partial charge in [-0.1, -0.05) is 0 Å². The van der Waals surface area contributed by atoms with E-state index in [0.29, 0.717) is 0 Å². The number of carboxylic acids is 1. The van der Waals surface area contributed by atoms with Crippen LogP contribution in [-0.4, -0.2) is 44.2 Å². The molecule has 0 spiro atoms. The highest BCUT2D eigenvalue weighted by Crippen LogP contribution is 2.08. The van der Waals surface area contributed by atoms with Gasteiger partial charge in [-0.3, -0.25) is 4.72 Å². The smallest absolute Gasteiger partial charge is 0.337 e. The van der Waals surface area contributed by atoms with Gasteiger partial charge >= 0.3 is 5.97 Å². The largest absolute Gasteiger partial charge is 0.478 e. The van der Waals surface area contributed by atoms with Crippen molar-refractivity contribution in [3.8, 4) is 0 Å². The number of carboxylic acid groups (broad SMARTS) is 1. The second-order valence-corrected chi connectivity index (χ2v) is 7.73. The third-order valence-corrected chi connectivity index (χ3v) is 5.11. The summed E-state index contributed by atoms with van der Waals surface area (Å²) in [6.07, 6.45) is 1.74. The van der Waals surface area contributed by atoms with E-state index < -0.39 is 30.9 Å². The van der Waals surface area contributed by atoms with Gasteiger partial charge in [0, 0.05) is 12.5 Å². The fourth-order valence-corrected chi connectivity index (χ4v) is 3.98. The third kappa shape index (κ3) is 4.67. The zero-order valence-electron chi connectivity index (χ0n) is 9.19. The maximum Gasteiger partial charge on any atom is 0.337 e. The van der Waals surface area contributed by atoms with Gasteiger partial charge in [0.1, 0.15) is 5.82 Å². The van der Waals surface area contributed by atoms with Crippen molar-refractivity contribution in [2.45, 2.75) is 0 Å². The number of hydrogen-bond donors (Lipinski definition) is 2. The first-order valence-electron chi connectivity index (χ1n) is 4.47. The summed E-state index contributed by atoms with van der Waals surface area (Å²) < 4.78 is 46.4. The summed E-state index contributed by atoms with van der Waals surface area (Å²) >= 11 is 0. The van der Waals surface area contributed by atoms with Crippen molar-refractivity contribution in [2.24, 2.45) is 0 Å². The summed E-state index contributed by atoms with van der Waals surface area (Å²) in [7, 11) is -7.77.